The molecule has 2 rings (SSSR count). The molecule has 0 bridgehead atoms. The van der Waals surface area contributed by atoms with E-state index in [1.165, 1.54) is 5.56 Å². The van der Waals surface area contributed by atoms with E-state index in [0.29, 0.717) is 12.0 Å². The first kappa shape index (κ1) is 16.3. The predicted molar refractivity (Wildman–Crippen MR) is 88.7 cm³/mol. The second-order valence-electron chi connectivity index (χ2n) is 6.81. The fourth-order valence-corrected chi connectivity index (χ4v) is 3.03. The fraction of sp³-hybridized carbons (Fsp3) is 0.667. The molecule has 3 heteroatoms. The Labute approximate surface area is 129 Å². The lowest BCUT2D eigenvalue weighted by atomic mass is 9.89. The van der Waals surface area contributed by atoms with Crippen LogP contribution < -0.4 is 10.1 Å². The van der Waals surface area contributed by atoms with Gasteiger partial charge in [-0.2, -0.15) is 0 Å². The molecule has 1 fully saturated rings. The van der Waals surface area contributed by atoms with E-state index in [0.717, 1.165) is 31.8 Å². The van der Waals surface area contributed by atoms with Crippen molar-refractivity contribution in [3.63, 3.8) is 0 Å². The Morgan fingerprint density at radius 1 is 1.43 bits per heavy atom. The van der Waals surface area contributed by atoms with E-state index in [1.54, 1.807) is 7.11 Å². The monoisotopic (exact) mass is 290 g/mol. The van der Waals surface area contributed by atoms with Crippen LogP contribution in [0.4, 0.5) is 0 Å². The molecule has 2 atom stereocenters. The highest BCUT2D eigenvalue weighted by molar-refractivity contribution is 5.28. The van der Waals surface area contributed by atoms with E-state index in [2.05, 4.69) is 56.1 Å². The molecule has 1 aromatic carbocycles. The molecule has 1 aromatic rings. The molecule has 0 spiro atoms. The van der Waals surface area contributed by atoms with Crippen molar-refractivity contribution in [3.8, 4) is 5.75 Å². The Morgan fingerprint density at radius 3 is 2.81 bits per heavy atom. The Bertz CT molecular complexity index is 460. The van der Waals surface area contributed by atoms with Crippen molar-refractivity contribution in [1.29, 1.82) is 0 Å². The molecule has 1 heterocycles. The first-order valence-corrected chi connectivity index (χ1v) is 8.10. The molecular formula is C18H30N2O. The topological polar surface area (TPSA) is 24.5 Å². The average Bonchev–Trinajstić information content (AvgIpc) is 2.49. The van der Waals surface area contributed by atoms with E-state index in [9.17, 15) is 0 Å². The molecule has 0 aromatic heterocycles. The summed E-state index contributed by atoms with van der Waals surface area (Å²) >= 11 is 0. The third-order valence-electron chi connectivity index (χ3n) is 5.00. The van der Waals surface area contributed by atoms with Gasteiger partial charge in [0.15, 0.2) is 0 Å². The highest BCUT2D eigenvalue weighted by Gasteiger charge is 2.36. The summed E-state index contributed by atoms with van der Waals surface area (Å²) in [5, 5.41) is 3.73. The van der Waals surface area contributed by atoms with Crippen molar-refractivity contribution in [1.82, 2.24) is 10.2 Å². The summed E-state index contributed by atoms with van der Waals surface area (Å²) in [7, 11) is 1.73. The number of hydrogen-bond donors (Lipinski definition) is 1. The normalized spacial score (nSPS) is 27.0. The second kappa shape index (κ2) is 6.80. The van der Waals surface area contributed by atoms with Crippen molar-refractivity contribution < 1.29 is 4.74 Å². The molecule has 1 N–H and O–H groups in total. The third-order valence-corrected chi connectivity index (χ3v) is 5.00. The number of piperazine rings is 1. The van der Waals surface area contributed by atoms with Gasteiger partial charge in [0.2, 0.25) is 0 Å². The van der Waals surface area contributed by atoms with Gasteiger partial charge in [0.1, 0.15) is 5.75 Å². The van der Waals surface area contributed by atoms with Crippen molar-refractivity contribution in [3.05, 3.63) is 29.8 Å². The number of methoxy groups -OCH3 is 1. The second-order valence-corrected chi connectivity index (χ2v) is 6.81. The lowest BCUT2D eigenvalue weighted by molar-refractivity contribution is 0.0316. The van der Waals surface area contributed by atoms with Crippen LogP contribution >= 0.6 is 0 Å². The summed E-state index contributed by atoms with van der Waals surface area (Å²) in [5.41, 5.74) is 1.56. The van der Waals surface area contributed by atoms with Crippen LogP contribution in [0, 0.1) is 5.92 Å². The number of nitrogens with zero attached hydrogens (tertiary/aromatic N) is 1. The van der Waals surface area contributed by atoms with Crippen LogP contribution in [-0.4, -0.2) is 36.7 Å². The lowest BCUT2D eigenvalue weighted by Gasteiger charge is -2.49. The van der Waals surface area contributed by atoms with Crippen LogP contribution in [-0.2, 0) is 6.54 Å². The molecule has 21 heavy (non-hydrogen) atoms. The third kappa shape index (κ3) is 3.78. The smallest absolute Gasteiger partial charge is 0.119 e. The SMILES string of the molecule is CCC1(C)CNC(C(C)C)CN1Cc1cccc(OC)c1. The van der Waals surface area contributed by atoms with Crippen molar-refractivity contribution in [2.45, 2.75) is 52.2 Å². The zero-order valence-corrected chi connectivity index (χ0v) is 14.1. The molecule has 1 aliphatic heterocycles. The Kier molecular flexibility index (Phi) is 5.28. The molecule has 3 nitrogen and oxygen atoms in total. The van der Waals surface area contributed by atoms with E-state index < -0.39 is 0 Å². The molecule has 0 saturated carbocycles. The maximum atomic E-state index is 5.35. The maximum absolute atomic E-state index is 5.35. The maximum Gasteiger partial charge on any atom is 0.119 e. The van der Waals surface area contributed by atoms with Gasteiger partial charge in [0.05, 0.1) is 7.11 Å². The zero-order valence-electron chi connectivity index (χ0n) is 14.1. The summed E-state index contributed by atoms with van der Waals surface area (Å²) in [6.45, 7) is 12.4. The van der Waals surface area contributed by atoms with Crippen LogP contribution in [0.5, 0.6) is 5.75 Å². The van der Waals surface area contributed by atoms with Gasteiger partial charge in [-0.15, -0.1) is 0 Å². The fourth-order valence-electron chi connectivity index (χ4n) is 3.03. The minimum atomic E-state index is 0.231. The van der Waals surface area contributed by atoms with E-state index in [-0.39, 0.29) is 5.54 Å². The highest BCUT2D eigenvalue weighted by Crippen LogP contribution is 2.27. The van der Waals surface area contributed by atoms with Crippen molar-refractivity contribution in [2.75, 3.05) is 20.2 Å². The minimum absolute atomic E-state index is 0.231. The molecule has 118 valence electrons. The average molecular weight is 290 g/mol. The number of nitrogens with one attached hydrogen (secondary N) is 1. The quantitative estimate of drug-likeness (QED) is 0.900. The van der Waals surface area contributed by atoms with Crippen molar-refractivity contribution in [2.24, 2.45) is 5.92 Å². The molecule has 1 saturated heterocycles. The Hall–Kier alpha value is -1.06. The van der Waals surface area contributed by atoms with Gasteiger partial charge in [0, 0.05) is 31.2 Å². The van der Waals surface area contributed by atoms with Crippen LogP contribution in [0.1, 0.15) is 39.7 Å². The van der Waals surface area contributed by atoms with Crippen LogP contribution in [0.15, 0.2) is 24.3 Å². The van der Waals surface area contributed by atoms with E-state index >= 15 is 0 Å². The van der Waals surface area contributed by atoms with Gasteiger partial charge in [0.25, 0.3) is 0 Å². The summed E-state index contributed by atoms with van der Waals surface area (Å²) in [6, 6.07) is 9.03. The molecule has 2 unspecified atom stereocenters. The van der Waals surface area contributed by atoms with E-state index in [1.807, 2.05) is 6.07 Å². The van der Waals surface area contributed by atoms with Crippen LogP contribution in [0.25, 0.3) is 0 Å². The summed E-state index contributed by atoms with van der Waals surface area (Å²) in [5.74, 6) is 1.61. The number of benzene rings is 1. The van der Waals surface area contributed by atoms with Gasteiger partial charge >= 0.3 is 0 Å². The molecule has 1 aliphatic rings. The van der Waals surface area contributed by atoms with Gasteiger partial charge in [-0.3, -0.25) is 4.90 Å². The molecule has 0 aliphatic carbocycles. The van der Waals surface area contributed by atoms with Gasteiger partial charge in [-0.1, -0.05) is 32.9 Å². The zero-order chi connectivity index (χ0) is 15.5. The van der Waals surface area contributed by atoms with Gasteiger partial charge in [-0.25, -0.2) is 0 Å². The summed E-state index contributed by atoms with van der Waals surface area (Å²) in [6.07, 6.45) is 1.16. The van der Waals surface area contributed by atoms with Crippen LogP contribution in [0.2, 0.25) is 0 Å². The highest BCUT2D eigenvalue weighted by atomic mass is 16.5. The first-order valence-electron chi connectivity index (χ1n) is 8.10. The molecular weight excluding hydrogens is 260 g/mol. The predicted octanol–water partition coefficient (Wildman–Crippen LogP) is 3.29. The molecule has 0 radical (unpaired) electrons. The Morgan fingerprint density at radius 2 is 2.19 bits per heavy atom. The largest absolute Gasteiger partial charge is 0.497 e. The number of rotatable bonds is 5. The summed E-state index contributed by atoms with van der Waals surface area (Å²) in [4.78, 5) is 2.64. The van der Waals surface area contributed by atoms with Crippen LogP contribution in [0.3, 0.4) is 0 Å². The number of ether oxygens (including phenoxy) is 1. The summed E-state index contributed by atoms with van der Waals surface area (Å²) < 4.78 is 5.35. The first-order chi connectivity index (χ1) is 9.98. The molecule has 0 amide bonds. The van der Waals surface area contributed by atoms with Crippen molar-refractivity contribution >= 4 is 0 Å². The minimum Gasteiger partial charge on any atom is -0.497 e. The Balaban J connectivity index is 2.15. The van der Waals surface area contributed by atoms with Gasteiger partial charge < -0.3 is 10.1 Å². The lowest BCUT2D eigenvalue weighted by Crippen LogP contribution is -2.63. The van der Waals surface area contributed by atoms with Gasteiger partial charge in [-0.05, 0) is 37.0 Å². The van der Waals surface area contributed by atoms with E-state index in [4.69, 9.17) is 4.74 Å². The number of hydrogen-bond acceptors (Lipinski definition) is 3. The standard InChI is InChI=1S/C18H30N2O/c1-6-18(4)13-19-17(14(2)3)12-20(18)11-15-8-7-9-16(10-15)21-5/h7-10,14,17,19H,6,11-13H2,1-5H3.